The van der Waals surface area contributed by atoms with Crippen LogP contribution in [0.4, 0.5) is 5.69 Å². The van der Waals surface area contributed by atoms with Crippen molar-refractivity contribution in [1.29, 1.82) is 0 Å². The molecule has 1 atom stereocenters. The molecule has 1 amide bonds. The largest absolute Gasteiger partial charge is 0.368 e. The van der Waals surface area contributed by atoms with E-state index in [9.17, 15) is 9.59 Å². The predicted octanol–water partition coefficient (Wildman–Crippen LogP) is 2.50. The summed E-state index contributed by atoms with van der Waals surface area (Å²) in [6, 6.07) is 8.62. The Morgan fingerprint density at radius 3 is 2.71 bits per heavy atom. The van der Waals surface area contributed by atoms with Gasteiger partial charge >= 0.3 is 0 Å². The van der Waals surface area contributed by atoms with Gasteiger partial charge in [-0.25, -0.2) is 4.98 Å². The van der Waals surface area contributed by atoms with Gasteiger partial charge < -0.3 is 15.0 Å². The second-order valence-electron chi connectivity index (χ2n) is 6.22. The monoisotopic (exact) mass is 327 g/mol. The van der Waals surface area contributed by atoms with Crippen LogP contribution >= 0.6 is 0 Å². The van der Waals surface area contributed by atoms with Crippen molar-refractivity contribution in [3.63, 3.8) is 0 Å². The van der Waals surface area contributed by atoms with E-state index in [0.717, 1.165) is 5.56 Å². The molecule has 1 heterocycles. The summed E-state index contributed by atoms with van der Waals surface area (Å²) in [7, 11) is 0. The van der Waals surface area contributed by atoms with E-state index in [0.29, 0.717) is 29.7 Å². The van der Waals surface area contributed by atoms with Crippen LogP contribution in [-0.2, 0) is 9.53 Å². The van der Waals surface area contributed by atoms with Crippen molar-refractivity contribution in [2.75, 3.05) is 11.9 Å². The van der Waals surface area contributed by atoms with Crippen molar-refractivity contribution < 1.29 is 9.53 Å². The number of nitrogens with zero attached hydrogens (tertiary/aromatic N) is 1. The van der Waals surface area contributed by atoms with E-state index >= 15 is 0 Å². The third-order valence-corrected chi connectivity index (χ3v) is 3.94. The quantitative estimate of drug-likeness (QED) is 0.854. The van der Waals surface area contributed by atoms with Gasteiger partial charge in [0.25, 0.3) is 11.5 Å². The highest BCUT2D eigenvalue weighted by atomic mass is 16.5. The average molecular weight is 327 g/mol. The van der Waals surface area contributed by atoms with Gasteiger partial charge in [0.15, 0.2) is 0 Å². The van der Waals surface area contributed by atoms with Crippen molar-refractivity contribution in [3.05, 3.63) is 46.4 Å². The molecule has 2 N–H and O–H groups in total. The SMILES string of the molecule is Cc1cc(=O)[nH]c(-c2ccc(NC(=O)[C@@H](C)OCC3CC3)cc2)n1. The minimum atomic E-state index is -0.472. The molecule has 0 bridgehead atoms. The van der Waals surface area contributed by atoms with Gasteiger partial charge in [0.05, 0.1) is 6.61 Å². The predicted molar refractivity (Wildman–Crippen MR) is 91.8 cm³/mol. The highest BCUT2D eigenvalue weighted by Gasteiger charge is 2.24. The smallest absolute Gasteiger partial charge is 0.253 e. The molecule has 1 aromatic carbocycles. The third kappa shape index (κ3) is 4.29. The number of benzene rings is 1. The van der Waals surface area contributed by atoms with Crippen LogP contribution < -0.4 is 10.9 Å². The number of hydrogen-bond acceptors (Lipinski definition) is 4. The summed E-state index contributed by atoms with van der Waals surface area (Å²) in [5.74, 6) is 0.980. The Bertz CT molecular complexity index is 779. The van der Waals surface area contributed by atoms with Crippen LogP contribution in [0.5, 0.6) is 0 Å². The van der Waals surface area contributed by atoms with Crippen LogP contribution in [0.3, 0.4) is 0 Å². The van der Waals surface area contributed by atoms with E-state index in [-0.39, 0.29) is 11.5 Å². The van der Waals surface area contributed by atoms with Crippen molar-refractivity contribution in [2.24, 2.45) is 5.92 Å². The maximum Gasteiger partial charge on any atom is 0.253 e. The van der Waals surface area contributed by atoms with E-state index in [2.05, 4.69) is 15.3 Å². The van der Waals surface area contributed by atoms with Crippen LogP contribution in [0.1, 0.15) is 25.5 Å². The van der Waals surface area contributed by atoms with Crippen molar-refractivity contribution >= 4 is 11.6 Å². The fourth-order valence-corrected chi connectivity index (χ4v) is 2.31. The Morgan fingerprint density at radius 1 is 1.38 bits per heavy atom. The molecule has 0 unspecified atom stereocenters. The van der Waals surface area contributed by atoms with Gasteiger partial charge in [-0.15, -0.1) is 0 Å². The number of aromatic nitrogens is 2. The molecule has 6 nitrogen and oxygen atoms in total. The topological polar surface area (TPSA) is 84.1 Å². The Kier molecular flexibility index (Phi) is 4.76. The minimum Gasteiger partial charge on any atom is -0.368 e. The van der Waals surface area contributed by atoms with E-state index in [1.54, 1.807) is 26.0 Å². The summed E-state index contributed by atoms with van der Waals surface area (Å²) in [5.41, 5.74) is 1.94. The van der Waals surface area contributed by atoms with E-state index in [1.807, 2.05) is 12.1 Å². The number of rotatable bonds is 6. The lowest BCUT2D eigenvalue weighted by atomic mass is 10.2. The first-order valence-corrected chi connectivity index (χ1v) is 8.12. The van der Waals surface area contributed by atoms with Gasteiger partial charge in [-0.05, 0) is 56.9 Å². The number of carbonyl (C=O) groups is 1. The average Bonchev–Trinajstić information content (AvgIpc) is 3.36. The van der Waals surface area contributed by atoms with Crippen LogP contribution in [-0.4, -0.2) is 28.6 Å². The second-order valence-corrected chi connectivity index (χ2v) is 6.22. The van der Waals surface area contributed by atoms with Crippen LogP contribution in [0, 0.1) is 12.8 Å². The van der Waals surface area contributed by atoms with Gasteiger partial charge in [-0.3, -0.25) is 9.59 Å². The number of nitrogens with one attached hydrogen (secondary N) is 2. The lowest BCUT2D eigenvalue weighted by molar-refractivity contribution is -0.126. The summed E-state index contributed by atoms with van der Waals surface area (Å²) in [5, 5.41) is 2.83. The molecule has 1 aliphatic carbocycles. The number of H-pyrrole nitrogens is 1. The van der Waals surface area contributed by atoms with Gasteiger partial charge in [-0.1, -0.05) is 0 Å². The molecule has 6 heteroatoms. The maximum absolute atomic E-state index is 12.1. The zero-order chi connectivity index (χ0) is 17.1. The Balaban J connectivity index is 1.63. The Labute approximate surface area is 140 Å². The Morgan fingerprint density at radius 2 is 2.08 bits per heavy atom. The molecule has 24 heavy (non-hydrogen) atoms. The molecular weight excluding hydrogens is 306 g/mol. The summed E-state index contributed by atoms with van der Waals surface area (Å²) >= 11 is 0. The lowest BCUT2D eigenvalue weighted by Gasteiger charge is -2.13. The number of aryl methyl sites for hydroxylation is 1. The molecular formula is C18H21N3O3. The van der Waals surface area contributed by atoms with Gasteiger partial charge in [0.2, 0.25) is 0 Å². The minimum absolute atomic E-state index is 0.162. The number of carbonyl (C=O) groups excluding carboxylic acids is 1. The number of ether oxygens (including phenoxy) is 1. The summed E-state index contributed by atoms with van der Waals surface area (Å²) in [6.07, 6.45) is 1.93. The molecule has 0 saturated heterocycles. The van der Waals surface area contributed by atoms with Crippen LogP contribution in [0.2, 0.25) is 0 Å². The van der Waals surface area contributed by atoms with Gasteiger partial charge in [0.1, 0.15) is 11.9 Å². The zero-order valence-electron chi connectivity index (χ0n) is 13.8. The Hall–Kier alpha value is -2.47. The normalized spacial score (nSPS) is 15.1. The maximum atomic E-state index is 12.1. The first-order chi connectivity index (χ1) is 11.5. The van der Waals surface area contributed by atoms with E-state index in [1.165, 1.54) is 18.9 Å². The van der Waals surface area contributed by atoms with E-state index < -0.39 is 6.10 Å². The highest BCUT2D eigenvalue weighted by molar-refractivity contribution is 5.94. The highest BCUT2D eigenvalue weighted by Crippen LogP contribution is 2.29. The van der Waals surface area contributed by atoms with Crippen LogP contribution in [0.15, 0.2) is 35.1 Å². The molecule has 0 aliphatic heterocycles. The third-order valence-electron chi connectivity index (χ3n) is 3.94. The van der Waals surface area contributed by atoms with Gasteiger partial charge in [0, 0.05) is 23.0 Å². The molecule has 0 radical (unpaired) electrons. The standard InChI is InChI=1S/C18H21N3O3/c1-11-9-16(22)21-17(19-11)14-5-7-15(8-6-14)20-18(23)12(2)24-10-13-3-4-13/h5-9,12-13H,3-4,10H2,1-2H3,(H,20,23)(H,19,21,22)/t12-/m1/s1. The number of amides is 1. The first kappa shape index (κ1) is 16.4. The molecule has 2 aromatic rings. The van der Waals surface area contributed by atoms with E-state index in [4.69, 9.17) is 4.74 Å². The molecule has 1 fully saturated rings. The van der Waals surface area contributed by atoms with Gasteiger partial charge in [-0.2, -0.15) is 0 Å². The molecule has 1 aliphatic rings. The summed E-state index contributed by atoms with van der Waals surface area (Å²) in [6.45, 7) is 4.18. The number of hydrogen-bond donors (Lipinski definition) is 2. The molecule has 1 saturated carbocycles. The number of anilines is 1. The van der Waals surface area contributed by atoms with Crippen molar-refractivity contribution in [2.45, 2.75) is 32.8 Å². The summed E-state index contributed by atoms with van der Waals surface area (Å²) in [4.78, 5) is 30.6. The molecule has 0 spiro atoms. The fourth-order valence-electron chi connectivity index (χ4n) is 2.31. The van der Waals surface area contributed by atoms with Crippen LogP contribution in [0.25, 0.3) is 11.4 Å². The zero-order valence-corrected chi connectivity index (χ0v) is 13.8. The molecule has 126 valence electrons. The first-order valence-electron chi connectivity index (χ1n) is 8.12. The molecule has 3 rings (SSSR count). The molecule has 1 aromatic heterocycles. The fraction of sp³-hybridized carbons (Fsp3) is 0.389. The van der Waals surface area contributed by atoms with Crippen molar-refractivity contribution in [1.82, 2.24) is 9.97 Å². The van der Waals surface area contributed by atoms with Crippen molar-refractivity contribution in [3.8, 4) is 11.4 Å². The second kappa shape index (κ2) is 6.97. The lowest BCUT2D eigenvalue weighted by Crippen LogP contribution is -2.28. The number of aromatic amines is 1. The summed E-state index contributed by atoms with van der Waals surface area (Å²) < 4.78 is 5.56.